The van der Waals surface area contributed by atoms with Crippen molar-refractivity contribution in [2.75, 3.05) is 36.8 Å². The standard InChI is InChI=1S/C19H22N6OS/c1-14-5-3-4-6-16(14)23-9-11-24(12-10-23)19(26)13-27-18-8-7-17-21-20-15(2)25(17)22-18/h3-8H,9-13H2,1-2H3. The first kappa shape index (κ1) is 17.8. The Morgan fingerprint density at radius 3 is 2.59 bits per heavy atom. The summed E-state index contributed by atoms with van der Waals surface area (Å²) in [6.45, 7) is 7.23. The first-order valence-electron chi connectivity index (χ1n) is 9.02. The summed E-state index contributed by atoms with van der Waals surface area (Å²) in [6.07, 6.45) is 0. The topological polar surface area (TPSA) is 66.6 Å². The molecule has 0 radical (unpaired) electrons. The molecule has 0 unspecified atom stereocenters. The van der Waals surface area contributed by atoms with Crippen molar-refractivity contribution < 1.29 is 4.79 Å². The molecule has 3 heterocycles. The minimum Gasteiger partial charge on any atom is -0.368 e. The lowest BCUT2D eigenvalue weighted by Crippen LogP contribution is -2.49. The zero-order chi connectivity index (χ0) is 18.8. The number of para-hydroxylation sites is 1. The minimum absolute atomic E-state index is 0.159. The molecule has 2 aromatic heterocycles. The van der Waals surface area contributed by atoms with Gasteiger partial charge in [-0.05, 0) is 37.6 Å². The van der Waals surface area contributed by atoms with Crippen LogP contribution in [-0.2, 0) is 4.79 Å². The summed E-state index contributed by atoms with van der Waals surface area (Å²) in [7, 11) is 0. The average molecular weight is 382 g/mol. The number of aromatic nitrogens is 4. The fourth-order valence-electron chi connectivity index (χ4n) is 3.30. The van der Waals surface area contributed by atoms with Gasteiger partial charge in [0.2, 0.25) is 5.91 Å². The number of carbonyl (C=O) groups excluding carboxylic acids is 1. The number of benzene rings is 1. The lowest BCUT2D eigenvalue weighted by atomic mass is 10.1. The summed E-state index contributed by atoms with van der Waals surface area (Å²) in [5.74, 6) is 1.29. The number of carbonyl (C=O) groups is 1. The monoisotopic (exact) mass is 382 g/mol. The number of anilines is 1. The van der Waals surface area contributed by atoms with E-state index in [1.54, 1.807) is 4.52 Å². The van der Waals surface area contributed by atoms with Crippen LogP contribution < -0.4 is 4.90 Å². The second kappa shape index (κ2) is 7.56. The molecule has 3 aromatic rings. The van der Waals surface area contributed by atoms with Gasteiger partial charge in [-0.15, -0.1) is 10.2 Å². The molecule has 0 spiro atoms. The van der Waals surface area contributed by atoms with Crippen LogP contribution in [0.1, 0.15) is 11.4 Å². The van der Waals surface area contributed by atoms with Crippen LogP contribution in [0.3, 0.4) is 0 Å². The largest absolute Gasteiger partial charge is 0.368 e. The van der Waals surface area contributed by atoms with Gasteiger partial charge < -0.3 is 9.80 Å². The van der Waals surface area contributed by atoms with Gasteiger partial charge in [0.05, 0.1) is 5.75 Å². The highest BCUT2D eigenvalue weighted by Crippen LogP contribution is 2.22. The molecule has 0 saturated carbocycles. The van der Waals surface area contributed by atoms with Crippen molar-refractivity contribution in [2.24, 2.45) is 0 Å². The van der Waals surface area contributed by atoms with E-state index in [0.717, 1.165) is 42.7 Å². The highest BCUT2D eigenvalue weighted by molar-refractivity contribution is 7.99. The van der Waals surface area contributed by atoms with Crippen molar-refractivity contribution in [1.82, 2.24) is 24.7 Å². The maximum Gasteiger partial charge on any atom is 0.233 e. The molecule has 1 amide bonds. The van der Waals surface area contributed by atoms with E-state index in [1.807, 2.05) is 24.0 Å². The SMILES string of the molecule is Cc1ccccc1N1CCN(C(=O)CSc2ccc3nnc(C)n3n2)CC1. The maximum absolute atomic E-state index is 12.6. The first-order valence-corrected chi connectivity index (χ1v) is 10.0. The number of nitrogens with zero attached hydrogens (tertiary/aromatic N) is 6. The van der Waals surface area contributed by atoms with E-state index >= 15 is 0 Å². The number of amides is 1. The predicted molar refractivity (Wildman–Crippen MR) is 106 cm³/mol. The fourth-order valence-corrected chi connectivity index (χ4v) is 4.06. The van der Waals surface area contributed by atoms with Crippen molar-refractivity contribution >= 4 is 29.0 Å². The van der Waals surface area contributed by atoms with E-state index in [4.69, 9.17) is 0 Å². The van der Waals surface area contributed by atoms with Crippen LogP contribution in [0.4, 0.5) is 5.69 Å². The molecule has 1 aliphatic heterocycles. The van der Waals surface area contributed by atoms with Crippen LogP contribution in [0.25, 0.3) is 5.65 Å². The molecule has 0 aliphatic carbocycles. The second-order valence-corrected chi connectivity index (χ2v) is 7.63. The van der Waals surface area contributed by atoms with E-state index < -0.39 is 0 Å². The summed E-state index contributed by atoms with van der Waals surface area (Å²) in [6, 6.07) is 12.2. The Morgan fingerprint density at radius 1 is 1.04 bits per heavy atom. The summed E-state index contributed by atoms with van der Waals surface area (Å²) in [5, 5.41) is 13.3. The smallest absolute Gasteiger partial charge is 0.233 e. The zero-order valence-corrected chi connectivity index (χ0v) is 16.3. The van der Waals surface area contributed by atoms with Crippen LogP contribution in [0.15, 0.2) is 41.4 Å². The van der Waals surface area contributed by atoms with E-state index in [2.05, 4.69) is 51.4 Å². The number of hydrogen-bond donors (Lipinski definition) is 0. The number of fused-ring (bicyclic) bond motifs is 1. The Morgan fingerprint density at radius 2 is 1.81 bits per heavy atom. The molecule has 0 N–H and O–H groups in total. The van der Waals surface area contributed by atoms with Crippen LogP contribution in [0, 0.1) is 13.8 Å². The predicted octanol–water partition coefficient (Wildman–Crippen LogP) is 2.18. The average Bonchev–Trinajstić information content (AvgIpc) is 3.07. The van der Waals surface area contributed by atoms with Gasteiger partial charge in [-0.2, -0.15) is 9.61 Å². The summed E-state index contributed by atoms with van der Waals surface area (Å²) < 4.78 is 1.70. The number of aryl methyl sites for hydroxylation is 2. The van der Waals surface area contributed by atoms with Crippen molar-refractivity contribution in [3.63, 3.8) is 0 Å². The number of rotatable bonds is 4. The number of hydrogen-bond acceptors (Lipinski definition) is 6. The quantitative estimate of drug-likeness (QED) is 0.645. The van der Waals surface area contributed by atoms with Crippen LogP contribution in [0.2, 0.25) is 0 Å². The van der Waals surface area contributed by atoms with Gasteiger partial charge in [-0.25, -0.2) is 0 Å². The third kappa shape index (κ3) is 3.75. The maximum atomic E-state index is 12.6. The van der Waals surface area contributed by atoms with Gasteiger partial charge in [0.15, 0.2) is 11.5 Å². The molecule has 1 aromatic carbocycles. The molecule has 4 rings (SSSR count). The fraction of sp³-hybridized carbons (Fsp3) is 0.368. The normalized spacial score (nSPS) is 14.7. The van der Waals surface area contributed by atoms with Crippen molar-refractivity contribution in [2.45, 2.75) is 18.9 Å². The van der Waals surface area contributed by atoms with Crippen molar-refractivity contribution in [3.8, 4) is 0 Å². The van der Waals surface area contributed by atoms with Gasteiger partial charge in [0.1, 0.15) is 5.03 Å². The van der Waals surface area contributed by atoms with E-state index in [9.17, 15) is 4.79 Å². The molecule has 1 fully saturated rings. The minimum atomic E-state index is 0.159. The molecule has 8 heteroatoms. The lowest BCUT2D eigenvalue weighted by molar-refractivity contribution is -0.128. The molecule has 0 atom stereocenters. The van der Waals surface area contributed by atoms with Crippen molar-refractivity contribution in [3.05, 3.63) is 47.8 Å². The van der Waals surface area contributed by atoms with Crippen molar-refractivity contribution in [1.29, 1.82) is 0 Å². The number of thioether (sulfide) groups is 1. The van der Waals surface area contributed by atoms with Gasteiger partial charge in [-0.3, -0.25) is 4.79 Å². The van der Waals surface area contributed by atoms with Crippen LogP contribution in [-0.4, -0.2) is 62.6 Å². The molecule has 27 heavy (non-hydrogen) atoms. The lowest BCUT2D eigenvalue weighted by Gasteiger charge is -2.36. The molecule has 1 aliphatic rings. The van der Waals surface area contributed by atoms with Gasteiger partial charge >= 0.3 is 0 Å². The summed E-state index contributed by atoms with van der Waals surface area (Å²) >= 11 is 1.46. The zero-order valence-electron chi connectivity index (χ0n) is 15.5. The van der Waals surface area contributed by atoms with E-state index in [1.165, 1.54) is 23.0 Å². The Hall–Kier alpha value is -2.61. The van der Waals surface area contributed by atoms with Gasteiger partial charge in [0, 0.05) is 31.9 Å². The molecular weight excluding hydrogens is 360 g/mol. The van der Waals surface area contributed by atoms with Gasteiger partial charge in [-0.1, -0.05) is 30.0 Å². The van der Waals surface area contributed by atoms with E-state index in [0.29, 0.717) is 5.75 Å². The Balaban J connectivity index is 1.33. The van der Waals surface area contributed by atoms with Crippen LogP contribution >= 0.6 is 11.8 Å². The molecule has 140 valence electrons. The Labute approximate surface area is 162 Å². The van der Waals surface area contributed by atoms with Crippen LogP contribution in [0.5, 0.6) is 0 Å². The summed E-state index contributed by atoms with van der Waals surface area (Å²) in [4.78, 5) is 16.9. The summed E-state index contributed by atoms with van der Waals surface area (Å²) in [5.41, 5.74) is 3.26. The third-order valence-electron chi connectivity index (χ3n) is 4.83. The van der Waals surface area contributed by atoms with Gasteiger partial charge in [0.25, 0.3) is 0 Å². The Bertz CT molecular complexity index is 964. The highest BCUT2D eigenvalue weighted by Gasteiger charge is 2.22. The Kier molecular flexibility index (Phi) is 4.98. The molecular formula is C19H22N6OS. The molecule has 7 nitrogen and oxygen atoms in total. The second-order valence-electron chi connectivity index (χ2n) is 6.63. The first-order chi connectivity index (χ1) is 13.1. The number of piperazine rings is 1. The molecule has 1 saturated heterocycles. The highest BCUT2D eigenvalue weighted by atomic mass is 32.2. The van der Waals surface area contributed by atoms with E-state index in [-0.39, 0.29) is 5.91 Å². The third-order valence-corrected chi connectivity index (χ3v) is 5.73. The molecule has 0 bridgehead atoms.